The number of anilines is 1. The van der Waals surface area contributed by atoms with Crippen LogP contribution in [0.25, 0.3) is 10.9 Å². The first-order valence-corrected chi connectivity index (χ1v) is 6.76. The van der Waals surface area contributed by atoms with E-state index in [4.69, 9.17) is 0 Å². The molecule has 0 radical (unpaired) electrons. The molecule has 2 aromatic rings. The molecule has 0 spiro atoms. The highest BCUT2D eigenvalue weighted by Crippen LogP contribution is 2.13. The zero-order valence-corrected chi connectivity index (χ0v) is 10.8. The Balaban J connectivity index is 1.75. The highest BCUT2D eigenvalue weighted by molar-refractivity contribution is 5.78. The number of hydrogen-bond acceptors (Lipinski definition) is 4. The molecule has 1 saturated heterocycles. The maximum atomic E-state index is 11.9. The Kier molecular flexibility index (Phi) is 3.46. The first kappa shape index (κ1) is 12.2. The molecule has 3 N–H and O–H groups in total. The lowest BCUT2D eigenvalue weighted by Crippen LogP contribution is -2.31. The Bertz CT molecular complexity index is 616. The largest absolute Gasteiger partial charge is 0.355 e. The van der Waals surface area contributed by atoms with E-state index in [9.17, 15) is 4.79 Å². The van der Waals surface area contributed by atoms with Crippen molar-refractivity contribution in [1.29, 1.82) is 0 Å². The van der Waals surface area contributed by atoms with Crippen molar-refractivity contribution < 1.29 is 0 Å². The third kappa shape index (κ3) is 2.76. The summed E-state index contributed by atoms with van der Waals surface area (Å²) in [6, 6.07) is 7.39. The van der Waals surface area contributed by atoms with Crippen LogP contribution < -0.4 is 16.2 Å². The van der Waals surface area contributed by atoms with E-state index in [1.54, 1.807) is 6.07 Å². The number of rotatable bonds is 3. The smallest absolute Gasteiger partial charge is 0.260 e. The van der Waals surface area contributed by atoms with Gasteiger partial charge in [0, 0.05) is 6.54 Å². The Morgan fingerprint density at radius 2 is 2.05 bits per heavy atom. The topological polar surface area (TPSA) is 69.8 Å². The first-order valence-electron chi connectivity index (χ1n) is 6.76. The average Bonchev–Trinajstić information content (AvgIpc) is 2.46. The fourth-order valence-electron chi connectivity index (χ4n) is 2.50. The van der Waals surface area contributed by atoms with Crippen LogP contribution >= 0.6 is 0 Å². The predicted molar refractivity (Wildman–Crippen MR) is 76.4 cm³/mol. The second-order valence-electron chi connectivity index (χ2n) is 5.01. The molecule has 5 nitrogen and oxygen atoms in total. The molecule has 0 aliphatic carbocycles. The van der Waals surface area contributed by atoms with Gasteiger partial charge in [-0.25, -0.2) is 4.98 Å². The zero-order valence-electron chi connectivity index (χ0n) is 10.8. The van der Waals surface area contributed by atoms with Gasteiger partial charge in [-0.1, -0.05) is 12.1 Å². The van der Waals surface area contributed by atoms with Gasteiger partial charge in [-0.3, -0.25) is 9.78 Å². The number of aromatic amines is 1. The molecule has 5 heteroatoms. The van der Waals surface area contributed by atoms with Gasteiger partial charge in [-0.05, 0) is 44.0 Å². The van der Waals surface area contributed by atoms with Gasteiger partial charge >= 0.3 is 0 Å². The van der Waals surface area contributed by atoms with E-state index in [1.807, 2.05) is 18.2 Å². The Hall–Kier alpha value is -1.88. The highest BCUT2D eigenvalue weighted by atomic mass is 16.1. The van der Waals surface area contributed by atoms with Gasteiger partial charge in [0.15, 0.2) is 0 Å². The SMILES string of the molecule is O=c1[nH]c(NCC2CCNCC2)nc2ccccc12. The molecule has 0 unspecified atom stereocenters. The summed E-state index contributed by atoms with van der Waals surface area (Å²) in [7, 11) is 0. The molecule has 0 bridgehead atoms. The van der Waals surface area contributed by atoms with E-state index in [2.05, 4.69) is 20.6 Å². The van der Waals surface area contributed by atoms with Crippen LogP contribution in [0.4, 0.5) is 5.95 Å². The quantitative estimate of drug-likeness (QED) is 0.777. The van der Waals surface area contributed by atoms with Crippen molar-refractivity contribution in [3.63, 3.8) is 0 Å². The molecule has 3 rings (SSSR count). The van der Waals surface area contributed by atoms with Gasteiger partial charge in [-0.2, -0.15) is 0 Å². The van der Waals surface area contributed by atoms with Gasteiger partial charge < -0.3 is 10.6 Å². The molecule has 1 aliphatic rings. The lowest BCUT2D eigenvalue weighted by Gasteiger charge is -2.22. The van der Waals surface area contributed by atoms with Gasteiger partial charge in [0.25, 0.3) is 5.56 Å². The van der Waals surface area contributed by atoms with Crippen LogP contribution in [-0.2, 0) is 0 Å². The monoisotopic (exact) mass is 258 g/mol. The third-order valence-corrected chi connectivity index (χ3v) is 3.63. The van der Waals surface area contributed by atoms with Crippen LogP contribution in [0.1, 0.15) is 12.8 Å². The van der Waals surface area contributed by atoms with Gasteiger partial charge in [-0.15, -0.1) is 0 Å². The number of hydrogen-bond donors (Lipinski definition) is 3. The summed E-state index contributed by atoms with van der Waals surface area (Å²) >= 11 is 0. The predicted octanol–water partition coefficient (Wildman–Crippen LogP) is 1.33. The fourth-order valence-corrected chi connectivity index (χ4v) is 2.50. The van der Waals surface area contributed by atoms with Crippen molar-refractivity contribution >= 4 is 16.9 Å². The van der Waals surface area contributed by atoms with E-state index >= 15 is 0 Å². The van der Waals surface area contributed by atoms with Crippen LogP contribution in [0.15, 0.2) is 29.1 Å². The number of piperidine rings is 1. The number of H-pyrrole nitrogens is 1. The summed E-state index contributed by atoms with van der Waals surface area (Å²) < 4.78 is 0. The lowest BCUT2D eigenvalue weighted by atomic mass is 9.98. The summed E-state index contributed by atoms with van der Waals surface area (Å²) in [4.78, 5) is 19.1. The van der Waals surface area contributed by atoms with E-state index in [0.29, 0.717) is 17.3 Å². The second-order valence-corrected chi connectivity index (χ2v) is 5.01. The highest BCUT2D eigenvalue weighted by Gasteiger charge is 2.13. The third-order valence-electron chi connectivity index (χ3n) is 3.63. The average molecular weight is 258 g/mol. The lowest BCUT2D eigenvalue weighted by molar-refractivity contribution is 0.389. The van der Waals surface area contributed by atoms with Crippen LogP contribution in [0, 0.1) is 5.92 Å². The van der Waals surface area contributed by atoms with Crippen molar-refractivity contribution in [2.45, 2.75) is 12.8 Å². The Morgan fingerprint density at radius 1 is 1.26 bits per heavy atom. The molecule has 19 heavy (non-hydrogen) atoms. The Morgan fingerprint density at radius 3 is 2.89 bits per heavy atom. The maximum Gasteiger partial charge on any atom is 0.260 e. The van der Waals surface area contributed by atoms with Crippen molar-refractivity contribution in [1.82, 2.24) is 15.3 Å². The second kappa shape index (κ2) is 5.40. The molecule has 0 amide bonds. The van der Waals surface area contributed by atoms with Crippen molar-refractivity contribution in [2.24, 2.45) is 5.92 Å². The minimum absolute atomic E-state index is 0.0848. The molecule has 0 saturated carbocycles. The Labute approximate surface area is 111 Å². The van der Waals surface area contributed by atoms with Crippen molar-refractivity contribution in [3.05, 3.63) is 34.6 Å². The normalized spacial score (nSPS) is 16.6. The number of para-hydroxylation sites is 1. The summed E-state index contributed by atoms with van der Waals surface area (Å²) in [6.45, 7) is 3.02. The molecule has 1 fully saturated rings. The fraction of sp³-hybridized carbons (Fsp3) is 0.429. The van der Waals surface area contributed by atoms with Crippen LogP contribution in [0.5, 0.6) is 0 Å². The van der Waals surface area contributed by atoms with E-state index < -0.39 is 0 Å². The standard InChI is InChI=1S/C14H18N4O/c19-13-11-3-1-2-4-12(11)17-14(18-13)16-9-10-5-7-15-8-6-10/h1-4,10,15H,5-9H2,(H2,16,17,18,19). The molecule has 1 aromatic heterocycles. The molecular weight excluding hydrogens is 240 g/mol. The van der Waals surface area contributed by atoms with E-state index in [1.165, 1.54) is 12.8 Å². The number of benzene rings is 1. The molecule has 100 valence electrons. The van der Waals surface area contributed by atoms with Crippen LogP contribution in [0.2, 0.25) is 0 Å². The van der Waals surface area contributed by atoms with Gasteiger partial charge in [0.2, 0.25) is 5.95 Å². The summed E-state index contributed by atoms with van der Waals surface area (Å²) in [6.07, 6.45) is 2.34. The number of fused-ring (bicyclic) bond motifs is 1. The number of aromatic nitrogens is 2. The van der Waals surface area contributed by atoms with Crippen molar-refractivity contribution in [3.8, 4) is 0 Å². The number of nitrogens with one attached hydrogen (secondary N) is 3. The van der Waals surface area contributed by atoms with Crippen LogP contribution in [0.3, 0.4) is 0 Å². The molecule has 0 atom stereocenters. The molecule has 2 heterocycles. The van der Waals surface area contributed by atoms with Crippen LogP contribution in [-0.4, -0.2) is 29.6 Å². The molecule has 1 aromatic carbocycles. The molecule has 1 aliphatic heterocycles. The minimum atomic E-state index is -0.0848. The molecular formula is C14H18N4O. The van der Waals surface area contributed by atoms with Gasteiger partial charge in [0.05, 0.1) is 10.9 Å². The first-order chi connectivity index (χ1) is 9.33. The minimum Gasteiger partial charge on any atom is -0.355 e. The summed E-state index contributed by atoms with van der Waals surface area (Å²) in [5, 5.41) is 7.23. The summed E-state index contributed by atoms with van der Waals surface area (Å²) in [5.41, 5.74) is 0.650. The van der Waals surface area contributed by atoms with Crippen molar-refractivity contribution in [2.75, 3.05) is 25.0 Å². The summed E-state index contributed by atoms with van der Waals surface area (Å²) in [5.74, 6) is 1.22. The van der Waals surface area contributed by atoms with E-state index in [-0.39, 0.29) is 5.56 Å². The zero-order chi connectivity index (χ0) is 13.1. The maximum absolute atomic E-state index is 11.9. The number of nitrogens with zero attached hydrogens (tertiary/aromatic N) is 1. The van der Waals surface area contributed by atoms with E-state index in [0.717, 1.165) is 25.2 Å². The van der Waals surface area contributed by atoms with Gasteiger partial charge in [0.1, 0.15) is 0 Å².